The number of hydrogen-bond acceptors (Lipinski definition) is 0. The largest absolute Gasteiger partial charge is 0.0622 e. The van der Waals surface area contributed by atoms with Crippen LogP contribution in [0.15, 0.2) is 60.7 Å². The molecule has 0 saturated heterocycles. The molecule has 0 radical (unpaired) electrons. The van der Waals surface area contributed by atoms with Crippen molar-refractivity contribution in [1.29, 1.82) is 0 Å². The first kappa shape index (κ1) is 23.7. The number of unbranched alkanes of at least 4 members (excludes halogenated alkanes) is 14. The van der Waals surface area contributed by atoms with Crippen molar-refractivity contribution in [2.75, 3.05) is 0 Å². The van der Waals surface area contributed by atoms with Gasteiger partial charge in [0.1, 0.15) is 0 Å². The molecule has 2 rings (SSSR count). The van der Waals surface area contributed by atoms with E-state index >= 15 is 0 Å². The van der Waals surface area contributed by atoms with Crippen molar-refractivity contribution in [3.8, 4) is 0 Å². The summed E-state index contributed by atoms with van der Waals surface area (Å²) in [5.41, 5.74) is 3.00. The molecule has 0 fully saturated rings. The van der Waals surface area contributed by atoms with Crippen LogP contribution in [0.4, 0.5) is 0 Å². The molecular formula is C29H44. The predicted molar refractivity (Wildman–Crippen MR) is 130 cm³/mol. The normalized spacial score (nSPS) is 11.0. The second kappa shape index (κ2) is 17.3. The van der Waals surface area contributed by atoms with Gasteiger partial charge in [-0.1, -0.05) is 144 Å². The smallest absolute Gasteiger partial charge is 0.0279 e. The van der Waals surface area contributed by atoms with Crippen LogP contribution in [-0.4, -0.2) is 0 Å². The highest BCUT2D eigenvalue weighted by molar-refractivity contribution is 5.15. The second-order valence-corrected chi connectivity index (χ2v) is 8.77. The van der Waals surface area contributed by atoms with Gasteiger partial charge in [0, 0.05) is 0 Å². The van der Waals surface area contributed by atoms with Crippen LogP contribution in [-0.2, 0) is 12.8 Å². The third-order valence-corrected chi connectivity index (χ3v) is 6.12. The first-order valence-corrected chi connectivity index (χ1v) is 12.5. The van der Waals surface area contributed by atoms with E-state index in [0.717, 1.165) is 0 Å². The van der Waals surface area contributed by atoms with Crippen LogP contribution < -0.4 is 0 Å². The molecule has 0 nitrogen and oxygen atoms in total. The van der Waals surface area contributed by atoms with Crippen molar-refractivity contribution in [3.63, 3.8) is 0 Å². The van der Waals surface area contributed by atoms with E-state index in [1.807, 2.05) is 0 Å². The Balaban J connectivity index is 1.24. The number of benzene rings is 2. The molecule has 0 aliphatic rings. The van der Waals surface area contributed by atoms with Crippen LogP contribution in [0.5, 0.6) is 0 Å². The van der Waals surface area contributed by atoms with Gasteiger partial charge in [-0.3, -0.25) is 0 Å². The van der Waals surface area contributed by atoms with Gasteiger partial charge in [-0.2, -0.15) is 0 Å². The molecular weight excluding hydrogens is 348 g/mol. The summed E-state index contributed by atoms with van der Waals surface area (Å²) in [6.45, 7) is 0. The Morgan fingerprint density at radius 2 is 0.517 bits per heavy atom. The highest BCUT2D eigenvalue weighted by Crippen LogP contribution is 2.15. The Labute approximate surface area is 181 Å². The minimum absolute atomic E-state index is 1.26. The zero-order valence-corrected chi connectivity index (χ0v) is 18.8. The third kappa shape index (κ3) is 13.3. The van der Waals surface area contributed by atoms with Crippen molar-refractivity contribution < 1.29 is 0 Å². The van der Waals surface area contributed by atoms with Crippen molar-refractivity contribution >= 4 is 0 Å². The van der Waals surface area contributed by atoms with Crippen molar-refractivity contribution in [3.05, 3.63) is 71.8 Å². The molecule has 0 bridgehead atoms. The van der Waals surface area contributed by atoms with Gasteiger partial charge in [-0.15, -0.1) is 0 Å². The fraction of sp³-hybridized carbons (Fsp3) is 0.586. The molecule has 0 unspecified atom stereocenters. The molecule has 0 atom stereocenters. The van der Waals surface area contributed by atoms with Crippen LogP contribution in [0.3, 0.4) is 0 Å². The number of rotatable bonds is 18. The molecule has 0 N–H and O–H groups in total. The molecule has 2 aromatic rings. The van der Waals surface area contributed by atoms with Crippen molar-refractivity contribution in [2.24, 2.45) is 0 Å². The SMILES string of the molecule is c1ccc(CCCCCCCCCCCCCCCCCc2ccccc2)cc1. The lowest BCUT2D eigenvalue weighted by Gasteiger charge is -2.04. The fourth-order valence-corrected chi connectivity index (χ4v) is 4.25. The van der Waals surface area contributed by atoms with E-state index < -0.39 is 0 Å². The maximum Gasteiger partial charge on any atom is -0.0279 e. The highest BCUT2D eigenvalue weighted by atomic mass is 14.0. The Hall–Kier alpha value is -1.56. The van der Waals surface area contributed by atoms with Crippen LogP contribution in [0.25, 0.3) is 0 Å². The van der Waals surface area contributed by atoms with Crippen LogP contribution in [0, 0.1) is 0 Å². The molecule has 0 heteroatoms. The summed E-state index contributed by atoms with van der Waals surface area (Å²) in [6, 6.07) is 21.9. The lowest BCUT2D eigenvalue weighted by Crippen LogP contribution is -1.87. The highest BCUT2D eigenvalue weighted by Gasteiger charge is 1.96. The summed E-state index contributed by atoms with van der Waals surface area (Å²) in [6.07, 6.45) is 24.0. The Bertz CT molecular complexity index is 518. The van der Waals surface area contributed by atoms with Gasteiger partial charge in [-0.05, 0) is 36.8 Å². The predicted octanol–water partition coefficient (Wildman–Crippen LogP) is 9.32. The maximum atomic E-state index is 2.26. The van der Waals surface area contributed by atoms with E-state index in [4.69, 9.17) is 0 Å². The average molecular weight is 393 g/mol. The van der Waals surface area contributed by atoms with Gasteiger partial charge in [0.15, 0.2) is 0 Å². The lowest BCUT2D eigenvalue weighted by atomic mass is 10.0. The lowest BCUT2D eigenvalue weighted by molar-refractivity contribution is 0.530. The van der Waals surface area contributed by atoms with Gasteiger partial charge < -0.3 is 0 Å². The second-order valence-electron chi connectivity index (χ2n) is 8.77. The molecule has 0 amide bonds. The summed E-state index contributed by atoms with van der Waals surface area (Å²) >= 11 is 0. The van der Waals surface area contributed by atoms with Crippen molar-refractivity contribution in [2.45, 2.75) is 109 Å². The summed E-state index contributed by atoms with van der Waals surface area (Å²) in [7, 11) is 0. The minimum Gasteiger partial charge on any atom is -0.0622 e. The zero-order valence-electron chi connectivity index (χ0n) is 18.8. The minimum atomic E-state index is 1.26. The Morgan fingerprint density at radius 1 is 0.276 bits per heavy atom. The number of hydrogen-bond donors (Lipinski definition) is 0. The van der Waals surface area contributed by atoms with E-state index in [9.17, 15) is 0 Å². The van der Waals surface area contributed by atoms with E-state index in [-0.39, 0.29) is 0 Å². The average Bonchev–Trinajstić information content (AvgIpc) is 2.77. The Kier molecular flexibility index (Phi) is 14.2. The topological polar surface area (TPSA) is 0 Å². The molecule has 160 valence electrons. The van der Waals surface area contributed by atoms with Gasteiger partial charge in [0.25, 0.3) is 0 Å². The fourth-order valence-electron chi connectivity index (χ4n) is 4.25. The van der Waals surface area contributed by atoms with E-state index in [0.29, 0.717) is 0 Å². The van der Waals surface area contributed by atoms with E-state index in [1.165, 1.54) is 120 Å². The molecule has 2 aromatic carbocycles. The molecule has 0 saturated carbocycles. The molecule has 0 aliphatic carbocycles. The molecule has 0 aromatic heterocycles. The summed E-state index contributed by atoms with van der Waals surface area (Å²) in [5.74, 6) is 0. The van der Waals surface area contributed by atoms with E-state index in [2.05, 4.69) is 60.7 Å². The molecule has 29 heavy (non-hydrogen) atoms. The first-order valence-electron chi connectivity index (χ1n) is 12.5. The summed E-state index contributed by atoms with van der Waals surface area (Å²) in [5, 5.41) is 0. The van der Waals surface area contributed by atoms with Gasteiger partial charge in [0.2, 0.25) is 0 Å². The monoisotopic (exact) mass is 392 g/mol. The quantitative estimate of drug-likeness (QED) is 0.222. The van der Waals surface area contributed by atoms with Crippen LogP contribution in [0.2, 0.25) is 0 Å². The number of aryl methyl sites for hydroxylation is 2. The first-order chi connectivity index (χ1) is 14.4. The third-order valence-electron chi connectivity index (χ3n) is 6.12. The van der Waals surface area contributed by atoms with Crippen LogP contribution >= 0.6 is 0 Å². The van der Waals surface area contributed by atoms with E-state index in [1.54, 1.807) is 0 Å². The Morgan fingerprint density at radius 3 is 0.793 bits per heavy atom. The van der Waals surface area contributed by atoms with Gasteiger partial charge in [0.05, 0.1) is 0 Å². The standard InChI is InChI=1S/C29H44/c1(2-4-6-8-10-12-16-22-28-24-18-14-19-25-28)3-5-7-9-11-13-17-23-29-26-20-15-21-27-29/h14-15,18-21,24-27H,1-13,16-17,22-23H2. The van der Waals surface area contributed by atoms with Crippen LogP contribution in [0.1, 0.15) is 107 Å². The maximum absolute atomic E-state index is 2.26. The van der Waals surface area contributed by atoms with Gasteiger partial charge in [-0.25, -0.2) is 0 Å². The summed E-state index contributed by atoms with van der Waals surface area (Å²) < 4.78 is 0. The molecule has 0 heterocycles. The molecule has 0 aliphatic heterocycles. The summed E-state index contributed by atoms with van der Waals surface area (Å²) in [4.78, 5) is 0. The zero-order chi connectivity index (χ0) is 20.2. The van der Waals surface area contributed by atoms with Gasteiger partial charge >= 0.3 is 0 Å². The molecule has 0 spiro atoms. The van der Waals surface area contributed by atoms with Crippen molar-refractivity contribution in [1.82, 2.24) is 0 Å².